The number of amides is 3. The van der Waals surface area contributed by atoms with Gasteiger partial charge in [0.1, 0.15) is 11.2 Å². The summed E-state index contributed by atoms with van der Waals surface area (Å²) >= 11 is 28.9. The minimum Gasteiger partial charge on any atom is -0.457 e. The summed E-state index contributed by atoms with van der Waals surface area (Å²) < 4.78 is 11.1. The van der Waals surface area contributed by atoms with Crippen molar-refractivity contribution in [1.82, 2.24) is 9.80 Å². The average molecular weight is 949 g/mol. The standard InChI is InChI=1S/C50H50Cl4N2O8/c1-11-12-26(14-13-23(2)47(61)63-49(5,6)7)24(3)44(58)29-20-33(52)39-41-35(54)22-31-37-30(21-34(53)40(43(37)41)38-32(51)19-28(25(4)57)36(29)42(38)39)45(59)56(46(31)60)27-15-17-55(18-16-27)48(62)64-50(8,9)10/h19-22,26-27H,2-3,11-18H2,1,4-10H3. The number of benzene rings is 5. The van der Waals surface area contributed by atoms with Crippen LogP contribution in [-0.2, 0) is 14.3 Å². The van der Waals surface area contributed by atoms with Gasteiger partial charge >= 0.3 is 12.1 Å². The Morgan fingerprint density at radius 2 is 1.16 bits per heavy atom. The normalized spacial score (nSPS) is 15.4. The first-order valence-electron chi connectivity index (χ1n) is 21.4. The lowest BCUT2D eigenvalue weighted by Crippen LogP contribution is -2.52. The van der Waals surface area contributed by atoms with E-state index in [9.17, 15) is 28.8 Å². The fourth-order valence-corrected chi connectivity index (χ4v) is 10.4. The number of fused-ring (bicyclic) bond motifs is 2. The molecule has 3 amide bonds. The van der Waals surface area contributed by atoms with Crippen molar-refractivity contribution in [3.05, 3.63) is 90.9 Å². The third-order valence-electron chi connectivity index (χ3n) is 12.0. The summed E-state index contributed by atoms with van der Waals surface area (Å²) in [6.45, 7) is 22.8. The Morgan fingerprint density at radius 3 is 1.62 bits per heavy atom. The highest BCUT2D eigenvalue weighted by Gasteiger charge is 2.42. The van der Waals surface area contributed by atoms with Gasteiger partial charge in [-0.25, -0.2) is 9.59 Å². The van der Waals surface area contributed by atoms with Crippen LogP contribution in [0.4, 0.5) is 4.79 Å². The summed E-state index contributed by atoms with van der Waals surface area (Å²) in [4.78, 5) is 86.0. The molecule has 0 saturated carbocycles. The van der Waals surface area contributed by atoms with E-state index in [4.69, 9.17) is 55.9 Å². The number of allylic oxidation sites excluding steroid dienone is 1. The summed E-state index contributed by atoms with van der Waals surface area (Å²) in [5, 5.41) is 3.23. The third-order valence-corrected chi connectivity index (χ3v) is 13.2. The molecule has 14 heteroatoms. The lowest BCUT2D eigenvalue weighted by Gasteiger charge is -2.39. The first kappa shape index (κ1) is 47.2. The molecule has 5 aromatic rings. The summed E-state index contributed by atoms with van der Waals surface area (Å²) in [5.74, 6) is -2.80. The molecule has 336 valence electrons. The zero-order valence-corrected chi connectivity index (χ0v) is 40.2. The van der Waals surface area contributed by atoms with E-state index in [0.717, 1.165) is 0 Å². The molecular formula is C50H50Cl4N2O8. The molecule has 7 rings (SSSR count). The molecule has 2 aliphatic heterocycles. The lowest BCUT2D eigenvalue weighted by molar-refractivity contribution is -0.150. The van der Waals surface area contributed by atoms with E-state index in [2.05, 4.69) is 13.2 Å². The summed E-state index contributed by atoms with van der Waals surface area (Å²) in [6.07, 6.45) is 2.16. The van der Waals surface area contributed by atoms with Crippen molar-refractivity contribution in [3.8, 4) is 0 Å². The van der Waals surface area contributed by atoms with Crippen LogP contribution in [0.25, 0.3) is 43.1 Å². The van der Waals surface area contributed by atoms with Crippen LogP contribution >= 0.6 is 46.4 Å². The molecule has 2 heterocycles. The number of ketones is 2. The Kier molecular flexibility index (Phi) is 12.7. The Bertz CT molecular complexity index is 2820. The van der Waals surface area contributed by atoms with Crippen molar-refractivity contribution >= 4 is 125 Å². The highest BCUT2D eigenvalue weighted by Crippen LogP contribution is 2.53. The molecule has 64 heavy (non-hydrogen) atoms. The Morgan fingerprint density at radius 1 is 0.688 bits per heavy atom. The molecule has 1 unspecified atom stereocenters. The molecule has 10 nitrogen and oxygen atoms in total. The fraction of sp³-hybridized carbons (Fsp3) is 0.400. The largest absolute Gasteiger partial charge is 0.457 e. The number of piperidine rings is 1. The molecule has 0 aliphatic carbocycles. The van der Waals surface area contributed by atoms with Crippen LogP contribution < -0.4 is 0 Å². The maximum atomic E-state index is 14.9. The lowest BCUT2D eigenvalue weighted by atomic mass is 9.80. The van der Waals surface area contributed by atoms with Crippen molar-refractivity contribution in [3.63, 3.8) is 0 Å². The number of hydrogen-bond donors (Lipinski definition) is 0. The maximum Gasteiger partial charge on any atom is 0.410 e. The highest BCUT2D eigenvalue weighted by molar-refractivity contribution is 6.55. The monoisotopic (exact) mass is 946 g/mol. The Hall–Kier alpha value is -4.74. The van der Waals surface area contributed by atoms with Crippen molar-refractivity contribution in [2.45, 2.75) is 111 Å². The van der Waals surface area contributed by atoms with E-state index >= 15 is 0 Å². The molecule has 1 saturated heterocycles. The topological polar surface area (TPSA) is 127 Å². The van der Waals surface area contributed by atoms with Gasteiger partial charge in [-0.15, -0.1) is 0 Å². The van der Waals surface area contributed by atoms with Crippen LogP contribution in [0.15, 0.2) is 48.6 Å². The number of carbonyl (C=O) groups is 6. The summed E-state index contributed by atoms with van der Waals surface area (Å²) in [5.41, 5.74) is -0.213. The van der Waals surface area contributed by atoms with Gasteiger partial charge in [-0.3, -0.25) is 24.1 Å². The van der Waals surface area contributed by atoms with Crippen LogP contribution in [0.1, 0.15) is 135 Å². The van der Waals surface area contributed by atoms with Gasteiger partial charge < -0.3 is 14.4 Å². The zero-order valence-electron chi connectivity index (χ0n) is 37.2. The number of ether oxygens (including phenoxy) is 2. The van der Waals surface area contributed by atoms with E-state index in [1.54, 1.807) is 46.4 Å². The van der Waals surface area contributed by atoms with E-state index in [0.29, 0.717) is 69.8 Å². The second-order valence-corrected chi connectivity index (χ2v) is 20.5. The number of esters is 1. The second kappa shape index (κ2) is 17.2. The minimum absolute atomic E-state index is 0.100. The number of carbonyl (C=O) groups excluding carboxylic acids is 6. The van der Waals surface area contributed by atoms with E-state index in [1.807, 2.05) is 6.92 Å². The molecule has 0 N–H and O–H groups in total. The van der Waals surface area contributed by atoms with E-state index in [1.165, 1.54) is 36.1 Å². The van der Waals surface area contributed by atoms with Gasteiger partial charge in [0.15, 0.2) is 11.6 Å². The van der Waals surface area contributed by atoms with Gasteiger partial charge in [-0.2, -0.15) is 0 Å². The molecular weight excluding hydrogens is 898 g/mol. The van der Waals surface area contributed by atoms with Crippen molar-refractivity contribution < 1.29 is 38.2 Å². The second-order valence-electron chi connectivity index (χ2n) is 18.8. The molecule has 0 aromatic heterocycles. The quantitative estimate of drug-likeness (QED) is 0.0320. The summed E-state index contributed by atoms with van der Waals surface area (Å²) in [6, 6.07) is 5.50. The molecule has 1 fully saturated rings. The van der Waals surface area contributed by atoms with Gasteiger partial charge in [-0.05, 0) is 116 Å². The van der Waals surface area contributed by atoms with Crippen LogP contribution in [0, 0.1) is 5.92 Å². The molecule has 5 aromatic carbocycles. The molecule has 0 bridgehead atoms. The van der Waals surface area contributed by atoms with Crippen molar-refractivity contribution in [2.75, 3.05) is 13.1 Å². The molecule has 0 spiro atoms. The predicted molar refractivity (Wildman–Crippen MR) is 255 cm³/mol. The molecule has 2 aliphatic rings. The number of Topliss-reactive ketones (excluding diaryl/α,β-unsaturated/α-hetero) is 2. The summed E-state index contributed by atoms with van der Waals surface area (Å²) in [7, 11) is 0. The van der Waals surface area contributed by atoms with Gasteiger partial charge in [0.05, 0.1) is 11.1 Å². The number of likely N-dealkylation sites (tertiary alicyclic amines) is 1. The average Bonchev–Trinajstić information content (AvgIpc) is 3.20. The van der Waals surface area contributed by atoms with Gasteiger partial charge in [0, 0.05) is 99.0 Å². The number of rotatable bonds is 11. The third kappa shape index (κ3) is 8.36. The smallest absolute Gasteiger partial charge is 0.410 e. The fourth-order valence-electron chi connectivity index (χ4n) is 9.23. The van der Waals surface area contributed by atoms with Gasteiger partial charge in [0.25, 0.3) is 11.8 Å². The van der Waals surface area contributed by atoms with Crippen LogP contribution in [0.3, 0.4) is 0 Å². The first-order valence-corrected chi connectivity index (χ1v) is 22.9. The number of halogens is 4. The first-order chi connectivity index (χ1) is 29.9. The number of imide groups is 1. The van der Waals surface area contributed by atoms with Crippen molar-refractivity contribution in [2.24, 2.45) is 5.92 Å². The zero-order chi connectivity index (χ0) is 47.1. The minimum atomic E-state index is -0.699. The van der Waals surface area contributed by atoms with Crippen molar-refractivity contribution in [1.29, 1.82) is 0 Å². The predicted octanol–water partition coefficient (Wildman–Crippen LogP) is 13.4. The highest BCUT2D eigenvalue weighted by atomic mass is 35.5. The van der Waals surface area contributed by atoms with Crippen LogP contribution in [-0.4, -0.2) is 75.6 Å². The Labute approximate surface area is 392 Å². The number of hydrogen-bond acceptors (Lipinski definition) is 8. The Balaban J connectivity index is 1.37. The van der Waals surface area contributed by atoms with Crippen LogP contribution in [0.2, 0.25) is 20.1 Å². The van der Waals surface area contributed by atoms with Gasteiger partial charge in [0.2, 0.25) is 0 Å². The van der Waals surface area contributed by atoms with E-state index < -0.39 is 46.9 Å². The van der Waals surface area contributed by atoms with Gasteiger partial charge in [-0.1, -0.05) is 72.9 Å². The maximum absolute atomic E-state index is 14.9. The van der Waals surface area contributed by atoms with Crippen LogP contribution in [0.5, 0.6) is 0 Å². The molecule has 0 radical (unpaired) electrons. The van der Waals surface area contributed by atoms with E-state index in [-0.39, 0.29) is 90.1 Å². The number of nitrogens with zero attached hydrogens (tertiary/aromatic N) is 2. The molecule has 1 atom stereocenters. The SMILES string of the molecule is C=C(CCC(CCC)C(=C)C(=O)c1cc(Cl)c2c3c(Cl)cc4c5c(cc(Cl)c(c6c(Cl)cc(C(C)=O)c1c62)c53)C(=O)N(C1CCN(C(=O)OC(C)(C)C)CC1)C4=O)C(=O)OC(C)(C)C.